The number of hydrogen-bond acceptors (Lipinski definition) is 6. The highest BCUT2D eigenvalue weighted by atomic mass is 32.1. The molecule has 136 valence electrons. The summed E-state index contributed by atoms with van der Waals surface area (Å²) in [5.74, 6) is 0.568. The van der Waals surface area contributed by atoms with Crippen LogP contribution in [0.2, 0.25) is 0 Å². The molecule has 4 rings (SSSR count). The fourth-order valence-corrected chi connectivity index (χ4v) is 3.38. The van der Waals surface area contributed by atoms with Crippen LogP contribution in [-0.4, -0.2) is 32.3 Å². The van der Waals surface area contributed by atoms with Crippen molar-refractivity contribution in [2.75, 3.05) is 6.61 Å². The minimum atomic E-state index is -0.157. The molecule has 2 aromatic heterocycles. The first-order valence-corrected chi connectivity index (χ1v) is 9.22. The van der Waals surface area contributed by atoms with E-state index in [0.29, 0.717) is 6.54 Å². The van der Waals surface area contributed by atoms with E-state index < -0.39 is 0 Å². The summed E-state index contributed by atoms with van der Waals surface area (Å²) in [6, 6.07) is 15.5. The Morgan fingerprint density at radius 1 is 1.19 bits per heavy atom. The van der Waals surface area contributed by atoms with Crippen LogP contribution in [0, 0.1) is 6.92 Å². The summed E-state index contributed by atoms with van der Waals surface area (Å²) in [4.78, 5) is 12.8. The van der Waals surface area contributed by atoms with Gasteiger partial charge in [0.05, 0.1) is 0 Å². The maximum atomic E-state index is 12.0. The van der Waals surface area contributed by atoms with Crippen molar-refractivity contribution >= 4 is 22.2 Å². The van der Waals surface area contributed by atoms with Crippen LogP contribution in [0.15, 0.2) is 54.9 Å². The van der Waals surface area contributed by atoms with Gasteiger partial charge in [-0.05, 0) is 24.1 Å². The Hall–Kier alpha value is -3.26. The van der Waals surface area contributed by atoms with Crippen molar-refractivity contribution in [2.24, 2.45) is 0 Å². The van der Waals surface area contributed by atoms with E-state index in [4.69, 9.17) is 4.74 Å². The maximum absolute atomic E-state index is 12.0. The fraction of sp³-hybridized carbons (Fsp3) is 0.158. The number of rotatable bonds is 6. The zero-order valence-corrected chi connectivity index (χ0v) is 15.4. The third kappa shape index (κ3) is 3.95. The summed E-state index contributed by atoms with van der Waals surface area (Å²) in [7, 11) is 0. The van der Waals surface area contributed by atoms with Gasteiger partial charge in [0, 0.05) is 12.1 Å². The lowest BCUT2D eigenvalue weighted by Crippen LogP contribution is -2.28. The van der Waals surface area contributed by atoms with Crippen molar-refractivity contribution in [1.29, 1.82) is 0 Å². The minimum Gasteiger partial charge on any atom is -0.484 e. The lowest BCUT2D eigenvalue weighted by molar-refractivity contribution is -0.123. The molecule has 0 aliphatic heterocycles. The average Bonchev–Trinajstić information content (AvgIpc) is 3.28. The van der Waals surface area contributed by atoms with Crippen LogP contribution in [-0.2, 0) is 11.3 Å². The van der Waals surface area contributed by atoms with Crippen LogP contribution >= 0.6 is 11.3 Å². The van der Waals surface area contributed by atoms with Crippen molar-refractivity contribution in [3.05, 3.63) is 66.0 Å². The van der Waals surface area contributed by atoms with Crippen molar-refractivity contribution in [3.63, 3.8) is 0 Å². The second kappa shape index (κ2) is 7.55. The first-order chi connectivity index (χ1) is 13.2. The van der Waals surface area contributed by atoms with Crippen LogP contribution < -0.4 is 10.1 Å². The Balaban J connectivity index is 1.31. The van der Waals surface area contributed by atoms with E-state index in [2.05, 4.69) is 20.6 Å². The molecule has 8 heteroatoms. The summed E-state index contributed by atoms with van der Waals surface area (Å²) in [6.07, 6.45) is 1.58. The number of benzene rings is 2. The number of carbonyl (C=O) groups excluding carboxylic acids is 1. The Kier molecular flexibility index (Phi) is 4.80. The molecule has 0 aliphatic rings. The molecule has 2 aromatic carbocycles. The number of ether oxygens (including phenoxy) is 1. The van der Waals surface area contributed by atoms with Gasteiger partial charge in [-0.1, -0.05) is 53.8 Å². The SMILES string of the molecule is Cc1ccccc1OCC(=O)NCc1ccc(-c2nn3cnnc3s2)cc1. The van der Waals surface area contributed by atoms with E-state index in [0.717, 1.165) is 32.4 Å². The van der Waals surface area contributed by atoms with Crippen LogP contribution in [0.4, 0.5) is 0 Å². The first kappa shape index (κ1) is 17.2. The molecule has 0 unspecified atom stereocenters. The molecule has 0 saturated heterocycles. The summed E-state index contributed by atoms with van der Waals surface area (Å²) in [5, 5.41) is 16.0. The summed E-state index contributed by atoms with van der Waals surface area (Å²) in [5.41, 5.74) is 3.01. The van der Waals surface area contributed by atoms with Crippen molar-refractivity contribution in [3.8, 4) is 16.3 Å². The van der Waals surface area contributed by atoms with E-state index in [1.54, 1.807) is 10.8 Å². The van der Waals surface area contributed by atoms with E-state index in [9.17, 15) is 4.79 Å². The zero-order chi connectivity index (χ0) is 18.6. The first-order valence-electron chi connectivity index (χ1n) is 8.40. The number of amides is 1. The van der Waals surface area contributed by atoms with Crippen LogP contribution in [0.3, 0.4) is 0 Å². The predicted octanol–water partition coefficient (Wildman–Crippen LogP) is 2.86. The van der Waals surface area contributed by atoms with Gasteiger partial charge in [-0.25, -0.2) is 0 Å². The number of nitrogens with one attached hydrogen (secondary N) is 1. The maximum Gasteiger partial charge on any atom is 0.258 e. The molecule has 1 amide bonds. The van der Waals surface area contributed by atoms with Gasteiger partial charge in [-0.15, -0.1) is 10.2 Å². The third-order valence-electron chi connectivity index (χ3n) is 4.03. The predicted molar refractivity (Wildman–Crippen MR) is 103 cm³/mol. The van der Waals surface area contributed by atoms with Gasteiger partial charge < -0.3 is 10.1 Å². The monoisotopic (exact) mass is 379 g/mol. The molecule has 2 heterocycles. The normalized spacial score (nSPS) is 10.9. The molecule has 1 N–H and O–H groups in total. The lowest BCUT2D eigenvalue weighted by Gasteiger charge is -2.09. The Bertz CT molecular complexity index is 1040. The number of aryl methyl sites for hydroxylation is 1. The Morgan fingerprint density at radius 3 is 2.78 bits per heavy atom. The largest absolute Gasteiger partial charge is 0.484 e. The third-order valence-corrected chi connectivity index (χ3v) is 4.99. The molecule has 0 fully saturated rings. The molecular weight excluding hydrogens is 362 g/mol. The number of para-hydroxylation sites is 1. The molecule has 0 atom stereocenters. The average molecular weight is 379 g/mol. The molecule has 0 bridgehead atoms. The Morgan fingerprint density at radius 2 is 2.00 bits per heavy atom. The lowest BCUT2D eigenvalue weighted by atomic mass is 10.1. The highest BCUT2D eigenvalue weighted by Crippen LogP contribution is 2.24. The molecule has 0 aliphatic carbocycles. The van der Waals surface area contributed by atoms with Gasteiger partial charge in [0.15, 0.2) is 6.61 Å². The molecule has 7 nitrogen and oxygen atoms in total. The standard InChI is InChI=1S/C19H17N5O2S/c1-13-4-2-3-5-16(13)26-11-17(25)20-10-14-6-8-15(9-7-14)18-23-24-12-21-22-19(24)27-18/h2-9,12H,10-11H2,1H3,(H,20,25). The Labute approximate surface area is 159 Å². The van der Waals surface area contributed by atoms with Gasteiger partial charge in [0.25, 0.3) is 5.91 Å². The van der Waals surface area contributed by atoms with Crippen molar-refractivity contribution < 1.29 is 9.53 Å². The second-order valence-electron chi connectivity index (χ2n) is 5.99. The highest BCUT2D eigenvalue weighted by molar-refractivity contribution is 7.19. The fourth-order valence-electron chi connectivity index (χ4n) is 2.56. The number of aromatic nitrogens is 4. The van der Waals surface area contributed by atoms with Gasteiger partial charge in [-0.3, -0.25) is 4.79 Å². The number of fused-ring (bicyclic) bond motifs is 1. The van der Waals surface area contributed by atoms with Gasteiger partial charge in [0.1, 0.15) is 17.1 Å². The van der Waals surface area contributed by atoms with E-state index in [-0.39, 0.29) is 12.5 Å². The quantitative estimate of drug-likeness (QED) is 0.557. The highest BCUT2D eigenvalue weighted by Gasteiger charge is 2.08. The van der Waals surface area contributed by atoms with Gasteiger partial charge in [-0.2, -0.15) is 9.61 Å². The minimum absolute atomic E-state index is 0.00408. The van der Waals surface area contributed by atoms with E-state index >= 15 is 0 Å². The van der Waals surface area contributed by atoms with Crippen molar-refractivity contribution in [1.82, 2.24) is 25.1 Å². The van der Waals surface area contributed by atoms with Crippen LogP contribution in [0.5, 0.6) is 5.75 Å². The summed E-state index contributed by atoms with van der Waals surface area (Å²) >= 11 is 1.48. The molecule has 27 heavy (non-hydrogen) atoms. The molecule has 0 radical (unpaired) electrons. The number of nitrogens with zero attached hydrogens (tertiary/aromatic N) is 4. The van der Waals surface area contributed by atoms with E-state index in [1.807, 2.05) is 55.5 Å². The smallest absolute Gasteiger partial charge is 0.258 e. The van der Waals surface area contributed by atoms with E-state index in [1.165, 1.54) is 11.3 Å². The number of hydrogen-bond donors (Lipinski definition) is 1. The number of carbonyl (C=O) groups is 1. The van der Waals surface area contributed by atoms with Crippen LogP contribution in [0.25, 0.3) is 15.5 Å². The molecule has 4 aromatic rings. The topological polar surface area (TPSA) is 81.4 Å². The zero-order valence-electron chi connectivity index (χ0n) is 14.6. The summed E-state index contributed by atoms with van der Waals surface area (Å²) in [6.45, 7) is 2.39. The molecule has 0 saturated carbocycles. The summed E-state index contributed by atoms with van der Waals surface area (Å²) < 4.78 is 7.21. The molecule has 0 spiro atoms. The molecular formula is C19H17N5O2S. The van der Waals surface area contributed by atoms with Gasteiger partial charge >= 0.3 is 0 Å². The second-order valence-corrected chi connectivity index (χ2v) is 6.95. The van der Waals surface area contributed by atoms with Gasteiger partial charge in [0.2, 0.25) is 4.96 Å². The van der Waals surface area contributed by atoms with Crippen molar-refractivity contribution in [2.45, 2.75) is 13.5 Å². The van der Waals surface area contributed by atoms with Crippen LogP contribution in [0.1, 0.15) is 11.1 Å².